The quantitative estimate of drug-likeness (QED) is 0.871. The normalized spacial score (nSPS) is 10.4. The summed E-state index contributed by atoms with van der Waals surface area (Å²) >= 11 is 3.06. The van der Waals surface area contributed by atoms with Crippen molar-refractivity contribution in [3.63, 3.8) is 0 Å². The fourth-order valence-corrected chi connectivity index (χ4v) is 1.35. The predicted molar refractivity (Wildman–Crippen MR) is 57.5 cm³/mol. The smallest absolute Gasteiger partial charge is 0.145 e. The molecule has 0 radical (unpaired) electrons. The van der Waals surface area contributed by atoms with Crippen molar-refractivity contribution >= 4 is 15.9 Å². The molecular formula is C10H8BrFN2O2. The molecule has 84 valence electrons. The molecule has 2 rings (SSSR count). The van der Waals surface area contributed by atoms with E-state index in [9.17, 15) is 4.39 Å². The van der Waals surface area contributed by atoms with E-state index in [1.54, 1.807) is 19.1 Å². The van der Waals surface area contributed by atoms with Crippen LogP contribution in [-0.2, 0) is 6.61 Å². The summed E-state index contributed by atoms with van der Waals surface area (Å²) in [5, 5.41) is 7.27. The average molecular weight is 287 g/mol. The van der Waals surface area contributed by atoms with Crippen molar-refractivity contribution in [1.29, 1.82) is 0 Å². The lowest BCUT2D eigenvalue weighted by Gasteiger charge is -2.04. The third kappa shape index (κ3) is 2.38. The zero-order chi connectivity index (χ0) is 11.5. The van der Waals surface area contributed by atoms with Gasteiger partial charge < -0.3 is 4.74 Å². The summed E-state index contributed by atoms with van der Waals surface area (Å²) < 4.78 is 23.4. The SMILES string of the molecule is Cc1nonc1COc1ccc(Br)c(F)c1. The number of hydrogen-bond donors (Lipinski definition) is 0. The summed E-state index contributed by atoms with van der Waals surface area (Å²) in [6.07, 6.45) is 0. The Labute approximate surface area is 99.5 Å². The minimum Gasteiger partial charge on any atom is -0.487 e. The van der Waals surface area contributed by atoms with Crippen molar-refractivity contribution in [1.82, 2.24) is 10.3 Å². The molecule has 0 unspecified atom stereocenters. The van der Waals surface area contributed by atoms with Gasteiger partial charge in [0.1, 0.15) is 29.6 Å². The maximum absolute atomic E-state index is 13.2. The molecule has 0 atom stereocenters. The van der Waals surface area contributed by atoms with E-state index in [0.29, 0.717) is 21.6 Å². The van der Waals surface area contributed by atoms with Gasteiger partial charge in [-0.2, -0.15) is 0 Å². The van der Waals surface area contributed by atoms with Gasteiger partial charge in [0.05, 0.1) is 4.47 Å². The molecule has 16 heavy (non-hydrogen) atoms. The van der Waals surface area contributed by atoms with Crippen LogP contribution in [0.2, 0.25) is 0 Å². The van der Waals surface area contributed by atoms with Crippen LogP contribution in [-0.4, -0.2) is 10.3 Å². The van der Waals surface area contributed by atoms with E-state index in [1.165, 1.54) is 6.07 Å². The summed E-state index contributed by atoms with van der Waals surface area (Å²) in [6, 6.07) is 4.54. The third-order valence-electron chi connectivity index (χ3n) is 2.01. The van der Waals surface area contributed by atoms with Gasteiger partial charge in [-0.15, -0.1) is 0 Å². The van der Waals surface area contributed by atoms with Crippen molar-refractivity contribution in [3.05, 3.63) is 39.9 Å². The molecule has 0 bridgehead atoms. The summed E-state index contributed by atoms with van der Waals surface area (Å²) in [4.78, 5) is 0. The molecule has 0 saturated heterocycles. The molecule has 0 aliphatic rings. The van der Waals surface area contributed by atoms with Gasteiger partial charge in [-0.25, -0.2) is 9.02 Å². The van der Waals surface area contributed by atoms with Crippen LogP contribution in [0, 0.1) is 12.7 Å². The molecule has 1 aromatic heterocycles. The largest absolute Gasteiger partial charge is 0.487 e. The molecule has 2 aromatic rings. The summed E-state index contributed by atoms with van der Waals surface area (Å²) in [5.41, 5.74) is 1.26. The van der Waals surface area contributed by atoms with Crippen LogP contribution in [0.4, 0.5) is 4.39 Å². The fraction of sp³-hybridized carbons (Fsp3) is 0.200. The van der Waals surface area contributed by atoms with Gasteiger partial charge >= 0.3 is 0 Å². The molecule has 0 fully saturated rings. The molecule has 0 aliphatic carbocycles. The van der Waals surface area contributed by atoms with Gasteiger partial charge in [0.25, 0.3) is 0 Å². The third-order valence-corrected chi connectivity index (χ3v) is 2.66. The van der Waals surface area contributed by atoms with E-state index < -0.39 is 0 Å². The summed E-state index contributed by atoms with van der Waals surface area (Å²) in [5.74, 6) is 0.0654. The molecule has 6 heteroatoms. The maximum atomic E-state index is 13.2. The van der Waals surface area contributed by atoms with Gasteiger partial charge in [-0.05, 0) is 35.0 Å². The van der Waals surface area contributed by atoms with Crippen molar-refractivity contribution in [2.24, 2.45) is 0 Å². The average Bonchev–Trinajstić information content (AvgIpc) is 2.66. The zero-order valence-corrected chi connectivity index (χ0v) is 9.99. The Bertz CT molecular complexity index is 501. The number of hydrogen-bond acceptors (Lipinski definition) is 4. The molecule has 0 amide bonds. The van der Waals surface area contributed by atoms with Crippen LogP contribution in [0.1, 0.15) is 11.4 Å². The predicted octanol–water partition coefficient (Wildman–Crippen LogP) is 2.86. The number of rotatable bonds is 3. The molecule has 0 spiro atoms. The maximum Gasteiger partial charge on any atom is 0.145 e. The Morgan fingerprint density at radius 1 is 1.44 bits per heavy atom. The molecule has 0 aliphatic heterocycles. The van der Waals surface area contributed by atoms with Crippen molar-refractivity contribution in [2.45, 2.75) is 13.5 Å². The number of halogens is 2. The highest BCUT2D eigenvalue weighted by Crippen LogP contribution is 2.21. The minimum atomic E-state index is -0.368. The van der Waals surface area contributed by atoms with E-state index >= 15 is 0 Å². The topological polar surface area (TPSA) is 48.2 Å². The minimum absolute atomic E-state index is 0.205. The van der Waals surface area contributed by atoms with Crippen LogP contribution in [0.5, 0.6) is 5.75 Å². The summed E-state index contributed by atoms with van der Waals surface area (Å²) in [6.45, 7) is 1.97. The van der Waals surface area contributed by atoms with E-state index in [2.05, 4.69) is 30.9 Å². The van der Waals surface area contributed by atoms with Gasteiger partial charge in [0.2, 0.25) is 0 Å². The second-order valence-corrected chi connectivity index (χ2v) is 4.02. The van der Waals surface area contributed by atoms with Crippen LogP contribution in [0.3, 0.4) is 0 Å². The monoisotopic (exact) mass is 286 g/mol. The molecule has 0 saturated carbocycles. The second-order valence-electron chi connectivity index (χ2n) is 3.16. The molecule has 4 nitrogen and oxygen atoms in total. The first-order valence-electron chi connectivity index (χ1n) is 4.52. The van der Waals surface area contributed by atoms with E-state index in [1.807, 2.05) is 0 Å². The number of ether oxygens (including phenoxy) is 1. The first-order valence-corrected chi connectivity index (χ1v) is 5.32. The fourth-order valence-electron chi connectivity index (χ4n) is 1.10. The highest BCUT2D eigenvalue weighted by atomic mass is 79.9. The number of nitrogens with zero attached hydrogens (tertiary/aromatic N) is 2. The standard InChI is InChI=1S/C10H8BrFN2O2/c1-6-10(14-16-13-6)5-15-7-2-3-8(11)9(12)4-7/h2-4H,5H2,1H3. The number of aryl methyl sites for hydroxylation is 1. The van der Waals surface area contributed by atoms with E-state index in [0.717, 1.165) is 0 Å². The number of benzene rings is 1. The van der Waals surface area contributed by atoms with Crippen LogP contribution in [0.15, 0.2) is 27.3 Å². The molecule has 0 N–H and O–H groups in total. The van der Waals surface area contributed by atoms with Crippen LogP contribution >= 0.6 is 15.9 Å². The Balaban J connectivity index is 2.05. The second kappa shape index (κ2) is 4.61. The highest BCUT2D eigenvalue weighted by molar-refractivity contribution is 9.10. The molecule has 1 aromatic carbocycles. The Hall–Kier alpha value is -1.43. The number of aromatic nitrogens is 2. The first kappa shape index (κ1) is 11.1. The summed E-state index contributed by atoms with van der Waals surface area (Å²) in [7, 11) is 0. The van der Waals surface area contributed by atoms with Gasteiger partial charge in [0.15, 0.2) is 0 Å². The Morgan fingerprint density at radius 2 is 2.25 bits per heavy atom. The Morgan fingerprint density at radius 3 is 2.88 bits per heavy atom. The van der Waals surface area contributed by atoms with Crippen LogP contribution < -0.4 is 4.74 Å². The zero-order valence-electron chi connectivity index (χ0n) is 8.41. The van der Waals surface area contributed by atoms with Gasteiger partial charge in [-0.3, -0.25) is 0 Å². The highest BCUT2D eigenvalue weighted by Gasteiger charge is 2.07. The lowest BCUT2D eigenvalue weighted by Crippen LogP contribution is -1.98. The molecular weight excluding hydrogens is 279 g/mol. The van der Waals surface area contributed by atoms with E-state index in [4.69, 9.17) is 4.74 Å². The van der Waals surface area contributed by atoms with Gasteiger partial charge in [-0.1, -0.05) is 10.3 Å². The lowest BCUT2D eigenvalue weighted by atomic mass is 10.3. The Kier molecular flexibility index (Phi) is 3.19. The molecule has 1 heterocycles. The van der Waals surface area contributed by atoms with Crippen molar-refractivity contribution < 1.29 is 13.8 Å². The van der Waals surface area contributed by atoms with Crippen LogP contribution in [0.25, 0.3) is 0 Å². The van der Waals surface area contributed by atoms with Crippen molar-refractivity contribution in [2.75, 3.05) is 0 Å². The van der Waals surface area contributed by atoms with E-state index in [-0.39, 0.29) is 12.4 Å². The van der Waals surface area contributed by atoms with Gasteiger partial charge in [0, 0.05) is 6.07 Å². The lowest BCUT2D eigenvalue weighted by molar-refractivity contribution is 0.269. The first-order chi connectivity index (χ1) is 7.66. The van der Waals surface area contributed by atoms with Crippen molar-refractivity contribution in [3.8, 4) is 5.75 Å².